The van der Waals surface area contributed by atoms with Crippen molar-refractivity contribution in [2.24, 2.45) is 0 Å². The molecule has 0 fully saturated rings. The van der Waals surface area contributed by atoms with E-state index < -0.39 is 0 Å². The maximum atomic E-state index is 5.74. The average Bonchev–Trinajstić information content (AvgIpc) is 2.60. The number of hydrogen-bond acceptors (Lipinski definition) is 5. The smallest absolute Gasteiger partial charge is 0.223 e. The van der Waals surface area contributed by atoms with Crippen LogP contribution in [0.4, 0.5) is 11.8 Å². The molecule has 2 rings (SSSR count). The van der Waals surface area contributed by atoms with Crippen LogP contribution in [0.5, 0.6) is 0 Å². The normalized spacial score (nSPS) is 10.9. The van der Waals surface area contributed by atoms with E-state index in [0.717, 1.165) is 29.1 Å². The van der Waals surface area contributed by atoms with E-state index in [4.69, 9.17) is 5.73 Å². The Bertz CT molecular complexity index is 502. The molecular weight excluding hydrogens is 220 g/mol. The summed E-state index contributed by atoms with van der Waals surface area (Å²) in [7, 11) is 0. The van der Waals surface area contributed by atoms with Crippen LogP contribution in [0, 0.1) is 6.92 Å². The second-order valence-electron chi connectivity index (χ2n) is 3.65. The van der Waals surface area contributed by atoms with Gasteiger partial charge < -0.3 is 10.6 Å². The van der Waals surface area contributed by atoms with Crippen LogP contribution < -0.4 is 10.6 Å². The Morgan fingerprint density at radius 3 is 2.62 bits per heavy atom. The molecule has 0 spiro atoms. The van der Waals surface area contributed by atoms with Gasteiger partial charge in [-0.15, -0.1) is 11.3 Å². The molecule has 0 atom stereocenters. The number of fused-ring (bicyclic) bond motifs is 1. The van der Waals surface area contributed by atoms with Gasteiger partial charge >= 0.3 is 0 Å². The molecule has 2 N–H and O–H groups in total. The number of aromatic nitrogens is 2. The Morgan fingerprint density at radius 2 is 2.00 bits per heavy atom. The van der Waals surface area contributed by atoms with Crippen molar-refractivity contribution in [1.82, 2.24) is 9.97 Å². The number of aryl methyl sites for hydroxylation is 1. The first-order valence-electron chi connectivity index (χ1n) is 5.44. The highest BCUT2D eigenvalue weighted by Crippen LogP contribution is 2.30. The first-order valence-corrected chi connectivity index (χ1v) is 6.26. The van der Waals surface area contributed by atoms with Gasteiger partial charge in [0.1, 0.15) is 10.6 Å². The number of rotatable bonds is 3. The van der Waals surface area contributed by atoms with Crippen LogP contribution in [0.1, 0.15) is 18.7 Å². The highest BCUT2D eigenvalue weighted by Gasteiger charge is 2.13. The summed E-state index contributed by atoms with van der Waals surface area (Å²) in [6.07, 6.45) is 0. The fourth-order valence-corrected chi connectivity index (χ4v) is 2.69. The zero-order valence-corrected chi connectivity index (χ0v) is 10.6. The van der Waals surface area contributed by atoms with Crippen LogP contribution in [-0.2, 0) is 0 Å². The summed E-state index contributed by atoms with van der Waals surface area (Å²) in [6.45, 7) is 8.17. The zero-order valence-electron chi connectivity index (χ0n) is 9.82. The quantitative estimate of drug-likeness (QED) is 0.889. The van der Waals surface area contributed by atoms with Crippen molar-refractivity contribution in [3.63, 3.8) is 0 Å². The van der Waals surface area contributed by atoms with E-state index in [1.807, 2.05) is 0 Å². The van der Waals surface area contributed by atoms with Crippen LogP contribution in [-0.4, -0.2) is 23.1 Å². The van der Waals surface area contributed by atoms with Crippen LogP contribution >= 0.6 is 11.3 Å². The van der Waals surface area contributed by atoms with Gasteiger partial charge in [0, 0.05) is 18.0 Å². The second-order valence-corrected chi connectivity index (χ2v) is 4.89. The van der Waals surface area contributed by atoms with Crippen molar-refractivity contribution in [2.75, 3.05) is 23.7 Å². The Hall–Kier alpha value is -1.36. The monoisotopic (exact) mass is 236 g/mol. The van der Waals surface area contributed by atoms with Gasteiger partial charge in [-0.1, -0.05) is 0 Å². The third kappa shape index (κ3) is 1.82. The summed E-state index contributed by atoms with van der Waals surface area (Å²) in [5.41, 5.74) is 5.74. The topological polar surface area (TPSA) is 55.0 Å². The summed E-state index contributed by atoms with van der Waals surface area (Å²) in [4.78, 5) is 13.0. The third-order valence-electron chi connectivity index (χ3n) is 2.58. The Morgan fingerprint density at radius 1 is 1.31 bits per heavy atom. The molecular formula is C11H16N4S. The number of nitrogens with two attached hydrogens (primary N) is 1. The minimum absolute atomic E-state index is 0.358. The van der Waals surface area contributed by atoms with E-state index in [1.54, 1.807) is 11.3 Å². The van der Waals surface area contributed by atoms with Gasteiger partial charge in [-0.25, -0.2) is 4.98 Å². The Kier molecular flexibility index (Phi) is 2.96. The molecule has 0 bridgehead atoms. The van der Waals surface area contributed by atoms with Gasteiger partial charge in [0.25, 0.3) is 0 Å². The highest BCUT2D eigenvalue weighted by atomic mass is 32.1. The average molecular weight is 236 g/mol. The maximum Gasteiger partial charge on any atom is 0.223 e. The molecule has 5 heteroatoms. The lowest BCUT2D eigenvalue weighted by Crippen LogP contribution is -2.23. The molecule has 2 aromatic rings. The van der Waals surface area contributed by atoms with E-state index in [2.05, 4.69) is 41.7 Å². The van der Waals surface area contributed by atoms with Crippen molar-refractivity contribution in [1.29, 1.82) is 0 Å². The number of thiophene rings is 1. The van der Waals surface area contributed by atoms with E-state index in [0.29, 0.717) is 5.95 Å². The number of anilines is 2. The van der Waals surface area contributed by atoms with Gasteiger partial charge in [-0.2, -0.15) is 4.98 Å². The maximum absolute atomic E-state index is 5.74. The number of nitrogens with zero attached hydrogens (tertiary/aromatic N) is 3. The Labute approximate surface area is 99.1 Å². The van der Waals surface area contributed by atoms with E-state index in [9.17, 15) is 0 Å². The number of nitrogen functional groups attached to an aromatic ring is 1. The summed E-state index contributed by atoms with van der Waals surface area (Å²) < 4.78 is 0. The lowest BCUT2D eigenvalue weighted by Gasteiger charge is -2.20. The van der Waals surface area contributed by atoms with Crippen molar-refractivity contribution < 1.29 is 0 Å². The van der Waals surface area contributed by atoms with Crippen molar-refractivity contribution >= 4 is 33.3 Å². The van der Waals surface area contributed by atoms with Gasteiger partial charge in [-0.05, 0) is 26.8 Å². The van der Waals surface area contributed by atoms with Crippen LogP contribution in [0.25, 0.3) is 10.2 Å². The van der Waals surface area contributed by atoms with Crippen molar-refractivity contribution in [2.45, 2.75) is 20.8 Å². The Balaban J connectivity index is 2.66. The molecule has 2 heterocycles. The van der Waals surface area contributed by atoms with E-state index in [1.165, 1.54) is 4.88 Å². The molecule has 0 aromatic carbocycles. The zero-order chi connectivity index (χ0) is 11.7. The molecule has 4 nitrogen and oxygen atoms in total. The fourth-order valence-electron chi connectivity index (χ4n) is 1.81. The largest absolute Gasteiger partial charge is 0.368 e. The predicted molar refractivity (Wildman–Crippen MR) is 70.1 cm³/mol. The molecule has 2 aromatic heterocycles. The summed E-state index contributed by atoms with van der Waals surface area (Å²) in [6, 6.07) is 2.13. The molecule has 0 saturated carbocycles. The molecule has 0 aliphatic carbocycles. The molecule has 0 aliphatic rings. The molecule has 86 valence electrons. The molecule has 0 amide bonds. The minimum Gasteiger partial charge on any atom is -0.368 e. The van der Waals surface area contributed by atoms with Crippen LogP contribution in [0.15, 0.2) is 6.07 Å². The first-order chi connectivity index (χ1) is 7.65. The predicted octanol–water partition coefficient (Wildman–Crippen LogP) is 2.43. The van der Waals surface area contributed by atoms with E-state index in [-0.39, 0.29) is 0 Å². The third-order valence-corrected chi connectivity index (χ3v) is 3.52. The molecule has 0 unspecified atom stereocenters. The second kappa shape index (κ2) is 4.25. The molecule has 0 radical (unpaired) electrons. The number of hydrogen-bond donors (Lipinski definition) is 1. The van der Waals surface area contributed by atoms with Crippen molar-refractivity contribution in [3.05, 3.63) is 10.9 Å². The van der Waals surface area contributed by atoms with Gasteiger partial charge in [0.15, 0.2) is 0 Å². The SMILES string of the molecule is CCN(CC)c1nc(N)nc2sc(C)cc12. The van der Waals surface area contributed by atoms with Gasteiger partial charge in [0.2, 0.25) is 5.95 Å². The lowest BCUT2D eigenvalue weighted by atomic mass is 10.3. The standard InChI is InChI=1S/C11H16N4S/c1-4-15(5-2)9-8-6-7(3)16-10(8)14-11(12)13-9/h6H,4-5H2,1-3H3,(H2,12,13,14). The van der Waals surface area contributed by atoms with Gasteiger partial charge in [0.05, 0.1) is 5.39 Å². The van der Waals surface area contributed by atoms with Gasteiger partial charge in [-0.3, -0.25) is 0 Å². The summed E-state index contributed by atoms with van der Waals surface area (Å²) in [5, 5.41) is 1.11. The molecule has 16 heavy (non-hydrogen) atoms. The lowest BCUT2D eigenvalue weighted by molar-refractivity contribution is 0.851. The van der Waals surface area contributed by atoms with Crippen molar-refractivity contribution in [3.8, 4) is 0 Å². The summed E-state index contributed by atoms with van der Waals surface area (Å²) >= 11 is 1.66. The summed E-state index contributed by atoms with van der Waals surface area (Å²) in [5.74, 6) is 1.31. The van der Waals surface area contributed by atoms with Crippen LogP contribution in [0.3, 0.4) is 0 Å². The first kappa shape index (κ1) is 11.1. The van der Waals surface area contributed by atoms with E-state index >= 15 is 0 Å². The highest BCUT2D eigenvalue weighted by molar-refractivity contribution is 7.18. The fraction of sp³-hybridized carbons (Fsp3) is 0.455. The molecule has 0 aliphatic heterocycles. The molecule has 0 saturated heterocycles. The minimum atomic E-state index is 0.358. The van der Waals surface area contributed by atoms with Crippen LogP contribution in [0.2, 0.25) is 0 Å².